The van der Waals surface area contributed by atoms with Gasteiger partial charge in [0.1, 0.15) is 11.4 Å². The third-order valence-electron chi connectivity index (χ3n) is 16.0. The number of rotatable bonds is 5. The molecule has 4 aromatic rings. The number of nitrogens with zero attached hydrogens (tertiary/aromatic N) is 10. The van der Waals surface area contributed by atoms with Crippen molar-refractivity contribution in [1.29, 1.82) is 0 Å². The summed E-state index contributed by atoms with van der Waals surface area (Å²) in [5.41, 5.74) is 4.74. The number of ether oxygens (including phenoxy) is 1. The van der Waals surface area contributed by atoms with Crippen LogP contribution in [0.15, 0.2) is 93.6 Å². The molecule has 2 aliphatic carbocycles. The number of likely N-dealkylation sites (N-methyl/N-ethyl adjacent to an activating group) is 2. The fourth-order valence-corrected chi connectivity index (χ4v) is 12.4. The van der Waals surface area contributed by atoms with Crippen LogP contribution in [0.25, 0.3) is 22.3 Å². The number of allylic oxidation sites excluding steroid dienone is 4. The van der Waals surface area contributed by atoms with E-state index in [0.717, 1.165) is 35.2 Å². The van der Waals surface area contributed by atoms with Crippen molar-refractivity contribution >= 4 is 34.4 Å². The Bertz CT molecular complexity index is 3220. The summed E-state index contributed by atoms with van der Waals surface area (Å²) in [4.78, 5) is 54.0. The summed E-state index contributed by atoms with van der Waals surface area (Å²) >= 11 is 0. The smallest absolute Gasteiger partial charge is 0.376 e. The second-order valence-corrected chi connectivity index (χ2v) is 20.4. The monoisotopic (exact) mass is 923 g/mol. The lowest BCUT2D eigenvalue weighted by Gasteiger charge is -2.51. The number of hydrogen-bond donors (Lipinski definition) is 0. The van der Waals surface area contributed by atoms with E-state index in [1.54, 1.807) is 62.2 Å². The minimum atomic E-state index is -0.930. The summed E-state index contributed by atoms with van der Waals surface area (Å²) < 4.78 is 41.8. The van der Waals surface area contributed by atoms with Crippen LogP contribution in [0, 0.1) is 43.2 Å². The maximum Gasteiger partial charge on any atom is 0.549 e. The molecule has 4 fully saturated rings. The van der Waals surface area contributed by atoms with Crippen molar-refractivity contribution in [3.63, 3.8) is 0 Å². The van der Waals surface area contributed by atoms with Gasteiger partial charge in [-0.3, -0.25) is 23.4 Å². The van der Waals surface area contributed by atoms with Crippen molar-refractivity contribution in [2.24, 2.45) is 18.1 Å². The van der Waals surface area contributed by atoms with Gasteiger partial charge in [-0.15, -0.1) is 0 Å². The van der Waals surface area contributed by atoms with E-state index in [4.69, 9.17) is 9.57 Å². The molecule has 68 heavy (non-hydrogen) atoms. The number of aromatic nitrogens is 4. The summed E-state index contributed by atoms with van der Waals surface area (Å²) in [6, 6.07) is 4.24. The highest BCUT2D eigenvalue weighted by Gasteiger charge is 2.74. The Morgan fingerprint density at radius 1 is 0.985 bits per heavy atom. The lowest BCUT2D eigenvalue weighted by Crippen LogP contribution is -2.73. The Morgan fingerprint density at radius 2 is 1.74 bits per heavy atom. The average molecular weight is 924 g/mol. The molecule has 0 bridgehead atoms. The van der Waals surface area contributed by atoms with Gasteiger partial charge in [-0.2, -0.15) is 14.4 Å². The highest BCUT2D eigenvalue weighted by atomic mass is 19.1. The fourth-order valence-electron chi connectivity index (χ4n) is 12.4. The van der Waals surface area contributed by atoms with Crippen LogP contribution in [-0.2, 0) is 21.4 Å². The van der Waals surface area contributed by atoms with Crippen molar-refractivity contribution in [3.8, 4) is 17.5 Å². The largest absolute Gasteiger partial charge is 0.549 e. The number of halogens is 2. The molecule has 8 aliphatic rings. The van der Waals surface area contributed by atoms with Gasteiger partial charge in [-0.25, -0.2) is 18.6 Å². The van der Waals surface area contributed by atoms with Crippen LogP contribution in [0.1, 0.15) is 69.2 Å². The molecular weight excluding hydrogens is 871 g/mol. The van der Waals surface area contributed by atoms with Crippen molar-refractivity contribution in [2.75, 3.05) is 33.8 Å². The zero-order valence-electron chi connectivity index (χ0n) is 39.4. The lowest BCUT2D eigenvalue weighted by atomic mass is 9.82. The first-order chi connectivity index (χ1) is 32.4. The highest BCUT2D eigenvalue weighted by molar-refractivity contribution is 6.00. The molecule has 350 valence electrons. The zero-order valence-corrected chi connectivity index (χ0v) is 39.4. The van der Waals surface area contributed by atoms with E-state index in [-0.39, 0.29) is 38.8 Å². The zero-order chi connectivity index (χ0) is 47.5. The summed E-state index contributed by atoms with van der Waals surface area (Å²) in [5.74, 6) is 6.59. The van der Waals surface area contributed by atoms with Crippen LogP contribution < -0.4 is 5.69 Å². The van der Waals surface area contributed by atoms with E-state index in [9.17, 15) is 9.59 Å². The molecular formula is C51H53F2N10O5+. The minimum absolute atomic E-state index is 0.0700. The Balaban J connectivity index is 0.976. The number of piperazine rings is 2. The molecule has 6 atom stereocenters. The summed E-state index contributed by atoms with van der Waals surface area (Å²) in [6.45, 7) is 11.0. The van der Waals surface area contributed by atoms with E-state index in [1.807, 2.05) is 30.9 Å². The van der Waals surface area contributed by atoms with Gasteiger partial charge in [-0.1, -0.05) is 30.0 Å². The van der Waals surface area contributed by atoms with Crippen molar-refractivity contribution in [1.82, 2.24) is 38.7 Å². The van der Waals surface area contributed by atoms with Crippen molar-refractivity contribution in [2.45, 2.75) is 95.6 Å². The van der Waals surface area contributed by atoms with Gasteiger partial charge in [0.15, 0.2) is 17.9 Å². The van der Waals surface area contributed by atoms with E-state index in [0.29, 0.717) is 66.4 Å². The molecule has 4 unspecified atom stereocenters. The Labute approximate surface area is 392 Å². The third-order valence-corrected chi connectivity index (χ3v) is 16.0. The number of quaternary nitrogens is 1. The van der Waals surface area contributed by atoms with Gasteiger partial charge in [0.05, 0.1) is 76.7 Å². The summed E-state index contributed by atoms with van der Waals surface area (Å²) in [7, 11) is 5.52. The van der Waals surface area contributed by atoms with Crippen LogP contribution in [0.4, 0.5) is 13.6 Å². The average Bonchev–Trinajstić information content (AvgIpc) is 3.63. The first-order valence-corrected chi connectivity index (χ1v) is 23.4. The van der Waals surface area contributed by atoms with Crippen molar-refractivity contribution < 1.29 is 32.4 Å². The molecule has 2 aromatic heterocycles. The van der Waals surface area contributed by atoms with E-state index in [2.05, 4.69) is 64.1 Å². The van der Waals surface area contributed by atoms with E-state index in [1.165, 1.54) is 15.3 Å². The molecule has 3 saturated heterocycles. The second-order valence-electron chi connectivity index (χ2n) is 20.4. The van der Waals surface area contributed by atoms with Crippen LogP contribution in [0.2, 0.25) is 0 Å². The number of oxime groups is 1. The van der Waals surface area contributed by atoms with Crippen molar-refractivity contribution in [3.05, 3.63) is 122 Å². The SMILES string of the molecule is Cc1cc(C2C(n3ccn(-c4ccc5c(cnn5C)c4F)c3=O)=C3[C@@H](C)N(C(=O)C4C#CC5=C6C(C=CC([C@@H]7CCOC(C)(C)C7)=C5)[N+]5(C)C(=O)ON=C5C5(CC5)N64)CCN3N2C)cc(C)c1F. The van der Waals surface area contributed by atoms with Crippen LogP contribution in [0.3, 0.4) is 0 Å². The second kappa shape index (κ2) is 14.5. The molecule has 6 aliphatic heterocycles. The van der Waals surface area contributed by atoms with E-state index >= 15 is 13.6 Å². The summed E-state index contributed by atoms with van der Waals surface area (Å²) in [6.07, 6.45) is 13.5. The molecule has 0 radical (unpaired) electrons. The number of hydrazine groups is 1. The van der Waals surface area contributed by atoms with Gasteiger partial charge in [-0.05, 0) is 118 Å². The van der Waals surface area contributed by atoms with Gasteiger partial charge in [0, 0.05) is 39.6 Å². The number of fused-ring (bicyclic) bond motifs is 6. The highest BCUT2D eigenvalue weighted by Crippen LogP contribution is 2.57. The number of benzene rings is 2. The first-order valence-electron chi connectivity index (χ1n) is 23.4. The standard InChI is InChI=1S/C51H53F2N10O5/c1-28-23-34(24-29(2)40(28)52)44-45(60-19-18-59(48(60)65)37-13-12-36-35(41(37)53)27-54-56(36)6)42-30(3)58(20-21-61(42)57(44)7)46(64)38-11-9-32-25-31(33-15-22-67-50(4,5)26-33)10-14-39-43(32)62(38)51(16-17-51)47-55-68-49(66)63(39,47)8/h10,12-14,18-19,23-25,27,30,33,38-39,44H,15-17,20-22,26H2,1-8H3/q+1/t30-,33-,38?,39?,44?,63?/m1/s1. The fraction of sp³-hybridized carbons (Fsp3) is 0.431. The number of amides is 2. The Hall–Kier alpha value is -6.61. The number of carbonyl (C=O) groups excluding carboxylic acids is 2. The molecule has 15 nitrogen and oxygen atoms in total. The Kier molecular flexibility index (Phi) is 9.08. The quantitative estimate of drug-likeness (QED) is 0.131. The molecule has 2 aromatic carbocycles. The Morgan fingerprint density at radius 3 is 2.47 bits per heavy atom. The molecule has 8 heterocycles. The van der Waals surface area contributed by atoms with Crippen LogP contribution >= 0.6 is 0 Å². The molecule has 1 spiro atoms. The van der Waals surface area contributed by atoms with Gasteiger partial charge < -0.3 is 19.5 Å². The third kappa shape index (κ3) is 5.77. The van der Waals surface area contributed by atoms with Crippen LogP contribution in [0.5, 0.6) is 0 Å². The number of aryl methyl sites for hydroxylation is 3. The maximum atomic E-state index is 16.2. The van der Waals surface area contributed by atoms with Gasteiger partial charge in [0.2, 0.25) is 0 Å². The normalized spacial score (nSPS) is 28.8. The van der Waals surface area contributed by atoms with Gasteiger partial charge >= 0.3 is 11.8 Å². The van der Waals surface area contributed by atoms with Gasteiger partial charge in [0.25, 0.3) is 11.7 Å². The number of amidine groups is 1. The van der Waals surface area contributed by atoms with Crippen LogP contribution in [-0.4, -0.2) is 124 Å². The molecule has 1 saturated carbocycles. The predicted octanol–water partition coefficient (Wildman–Crippen LogP) is 6.19. The number of imidazole rings is 1. The van der Waals surface area contributed by atoms with E-state index < -0.39 is 47.3 Å². The lowest BCUT2D eigenvalue weighted by molar-refractivity contribution is -0.760. The molecule has 2 amide bonds. The summed E-state index contributed by atoms with van der Waals surface area (Å²) in [5, 5.41) is 13.1. The molecule has 0 N–H and O–H groups in total. The topological polar surface area (TPSA) is 123 Å². The minimum Gasteiger partial charge on any atom is -0.376 e. The molecule has 12 rings (SSSR count). The number of hydrogen-bond acceptors (Lipinski definition) is 10. The maximum absolute atomic E-state index is 16.2. The first kappa shape index (κ1) is 42.7. The molecule has 17 heteroatoms. The number of carbonyl (C=O) groups is 2. The predicted molar refractivity (Wildman–Crippen MR) is 248 cm³/mol.